The van der Waals surface area contributed by atoms with E-state index in [4.69, 9.17) is 16.3 Å². The van der Waals surface area contributed by atoms with Gasteiger partial charge in [0.1, 0.15) is 18.2 Å². The van der Waals surface area contributed by atoms with E-state index < -0.39 is 0 Å². The van der Waals surface area contributed by atoms with Gasteiger partial charge in [-0.3, -0.25) is 0 Å². The SMILES string of the molecule is CN(C)CCOc1ccc(F)cc1C#CCCCl. The van der Waals surface area contributed by atoms with Crippen molar-refractivity contribution < 1.29 is 9.13 Å². The third-order valence-corrected chi connectivity index (χ3v) is 2.37. The van der Waals surface area contributed by atoms with E-state index in [1.807, 2.05) is 19.0 Å². The molecule has 0 atom stereocenters. The van der Waals surface area contributed by atoms with Crippen molar-refractivity contribution in [1.82, 2.24) is 4.90 Å². The van der Waals surface area contributed by atoms with Gasteiger partial charge in [0.2, 0.25) is 0 Å². The van der Waals surface area contributed by atoms with Crippen molar-refractivity contribution >= 4 is 11.6 Å². The molecule has 0 amide bonds. The predicted octanol–water partition coefficient (Wildman–Crippen LogP) is 2.75. The number of benzene rings is 1. The summed E-state index contributed by atoms with van der Waals surface area (Å²) in [7, 11) is 3.93. The molecular formula is C14H17ClFNO. The van der Waals surface area contributed by atoms with E-state index in [-0.39, 0.29) is 5.82 Å². The maximum Gasteiger partial charge on any atom is 0.135 e. The topological polar surface area (TPSA) is 12.5 Å². The number of hydrogen-bond acceptors (Lipinski definition) is 2. The summed E-state index contributed by atoms with van der Waals surface area (Å²) in [4.78, 5) is 2.02. The van der Waals surface area contributed by atoms with E-state index in [1.54, 1.807) is 6.07 Å². The fourth-order valence-corrected chi connectivity index (χ4v) is 1.36. The Hall–Kier alpha value is -1.24. The largest absolute Gasteiger partial charge is 0.491 e. The number of alkyl halides is 1. The highest BCUT2D eigenvalue weighted by Gasteiger charge is 2.03. The second-order valence-electron chi connectivity index (χ2n) is 4.03. The summed E-state index contributed by atoms with van der Waals surface area (Å²) in [5.74, 6) is 6.53. The summed E-state index contributed by atoms with van der Waals surface area (Å²) in [6.07, 6.45) is 0.579. The zero-order valence-corrected chi connectivity index (χ0v) is 11.4. The molecule has 0 heterocycles. The van der Waals surface area contributed by atoms with Gasteiger partial charge in [-0.1, -0.05) is 11.8 Å². The molecule has 1 rings (SSSR count). The molecule has 4 heteroatoms. The van der Waals surface area contributed by atoms with Gasteiger partial charge < -0.3 is 9.64 Å². The molecule has 1 aromatic rings. The first kappa shape index (κ1) is 14.8. The molecule has 1 aromatic carbocycles. The zero-order chi connectivity index (χ0) is 13.4. The minimum absolute atomic E-state index is 0.315. The zero-order valence-electron chi connectivity index (χ0n) is 10.7. The molecule has 0 unspecified atom stereocenters. The molecule has 0 bridgehead atoms. The lowest BCUT2D eigenvalue weighted by Gasteiger charge is -2.12. The molecule has 0 spiro atoms. The van der Waals surface area contributed by atoms with Crippen LogP contribution in [0.25, 0.3) is 0 Å². The lowest BCUT2D eigenvalue weighted by Crippen LogP contribution is -2.19. The summed E-state index contributed by atoms with van der Waals surface area (Å²) in [5, 5.41) is 0. The van der Waals surface area contributed by atoms with Crippen molar-refractivity contribution in [3.05, 3.63) is 29.6 Å². The van der Waals surface area contributed by atoms with Crippen LogP contribution in [0.3, 0.4) is 0 Å². The van der Waals surface area contributed by atoms with E-state index in [9.17, 15) is 4.39 Å². The van der Waals surface area contributed by atoms with Gasteiger partial charge >= 0.3 is 0 Å². The number of rotatable bonds is 5. The van der Waals surface area contributed by atoms with E-state index >= 15 is 0 Å². The highest BCUT2D eigenvalue weighted by atomic mass is 35.5. The predicted molar refractivity (Wildman–Crippen MR) is 72.7 cm³/mol. The Morgan fingerprint density at radius 2 is 2.17 bits per heavy atom. The highest BCUT2D eigenvalue weighted by Crippen LogP contribution is 2.18. The van der Waals surface area contributed by atoms with Crippen molar-refractivity contribution in [2.45, 2.75) is 6.42 Å². The first-order valence-corrected chi connectivity index (χ1v) is 6.29. The minimum atomic E-state index is -0.315. The van der Waals surface area contributed by atoms with Gasteiger partial charge in [0.05, 0.1) is 5.56 Å². The summed E-state index contributed by atoms with van der Waals surface area (Å²) < 4.78 is 18.7. The molecule has 0 aliphatic carbocycles. The number of hydrogen-bond donors (Lipinski definition) is 0. The van der Waals surface area contributed by atoms with Gasteiger partial charge in [-0.05, 0) is 32.3 Å². The standard InChI is InChI=1S/C14H17ClFNO/c1-17(2)9-10-18-14-7-6-13(16)11-12(14)5-3-4-8-15/h6-7,11H,4,8-10H2,1-2H3. The first-order valence-electron chi connectivity index (χ1n) is 5.75. The van der Waals surface area contributed by atoms with E-state index in [2.05, 4.69) is 11.8 Å². The van der Waals surface area contributed by atoms with Crippen LogP contribution in [0.1, 0.15) is 12.0 Å². The molecule has 0 saturated carbocycles. The molecule has 0 fully saturated rings. The Balaban J connectivity index is 2.74. The normalized spacial score (nSPS) is 10.1. The van der Waals surface area contributed by atoms with Gasteiger partial charge in [-0.2, -0.15) is 0 Å². The molecule has 98 valence electrons. The van der Waals surface area contributed by atoms with E-state index in [0.29, 0.717) is 30.2 Å². The minimum Gasteiger partial charge on any atom is -0.491 e. The third kappa shape index (κ3) is 5.39. The monoisotopic (exact) mass is 269 g/mol. The summed E-state index contributed by atoms with van der Waals surface area (Å²) >= 11 is 5.54. The van der Waals surface area contributed by atoms with Gasteiger partial charge in [-0.25, -0.2) is 4.39 Å². The number of likely N-dealkylation sites (N-methyl/N-ethyl adjacent to an activating group) is 1. The second-order valence-corrected chi connectivity index (χ2v) is 4.41. The quantitative estimate of drug-likeness (QED) is 0.602. The molecule has 0 saturated heterocycles. The highest BCUT2D eigenvalue weighted by molar-refractivity contribution is 6.18. The maximum absolute atomic E-state index is 13.1. The van der Waals surface area contributed by atoms with E-state index in [1.165, 1.54) is 12.1 Å². The molecular weight excluding hydrogens is 253 g/mol. The van der Waals surface area contributed by atoms with Crippen LogP contribution in [-0.4, -0.2) is 38.0 Å². The second kappa shape index (κ2) is 7.97. The lowest BCUT2D eigenvalue weighted by atomic mass is 10.2. The Bertz CT molecular complexity index is 437. The fourth-order valence-electron chi connectivity index (χ4n) is 1.27. The molecule has 0 aliphatic heterocycles. The van der Waals surface area contributed by atoms with Crippen LogP contribution >= 0.6 is 11.6 Å². The average molecular weight is 270 g/mol. The molecule has 0 radical (unpaired) electrons. The van der Waals surface area contributed by atoms with Crippen LogP contribution in [0.2, 0.25) is 0 Å². The Labute approximate surface area is 113 Å². The summed E-state index contributed by atoms with van der Waals surface area (Å²) in [5.41, 5.74) is 0.568. The number of ether oxygens (including phenoxy) is 1. The van der Waals surface area contributed by atoms with Crippen molar-refractivity contribution in [3.63, 3.8) is 0 Å². The van der Waals surface area contributed by atoms with Crippen molar-refractivity contribution in [2.24, 2.45) is 0 Å². The van der Waals surface area contributed by atoms with Gasteiger partial charge in [0.15, 0.2) is 0 Å². The van der Waals surface area contributed by atoms with Gasteiger partial charge in [0, 0.05) is 18.8 Å². The van der Waals surface area contributed by atoms with Crippen molar-refractivity contribution in [3.8, 4) is 17.6 Å². The summed E-state index contributed by atoms with van der Waals surface area (Å²) in [6.45, 7) is 1.34. The number of halogens is 2. The molecule has 0 aromatic heterocycles. The number of nitrogens with zero attached hydrogens (tertiary/aromatic N) is 1. The fraction of sp³-hybridized carbons (Fsp3) is 0.429. The molecule has 0 aliphatic rings. The Kier molecular flexibility index (Phi) is 6.56. The summed E-state index contributed by atoms with van der Waals surface area (Å²) in [6, 6.07) is 4.36. The van der Waals surface area contributed by atoms with Crippen LogP contribution in [0.4, 0.5) is 4.39 Å². The van der Waals surface area contributed by atoms with Gasteiger partial charge in [0.25, 0.3) is 0 Å². The van der Waals surface area contributed by atoms with Crippen LogP contribution in [0, 0.1) is 17.7 Å². The van der Waals surface area contributed by atoms with Crippen molar-refractivity contribution in [2.75, 3.05) is 33.1 Å². The maximum atomic E-state index is 13.1. The van der Waals surface area contributed by atoms with Crippen LogP contribution in [0.5, 0.6) is 5.75 Å². The van der Waals surface area contributed by atoms with Gasteiger partial charge in [-0.15, -0.1) is 11.6 Å². The third-order valence-electron chi connectivity index (χ3n) is 2.18. The molecule has 0 N–H and O–H groups in total. The van der Waals surface area contributed by atoms with Crippen LogP contribution < -0.4 is 4.74 Å². The van der Waals surface area contributed by atoms with E-state index in [0.717, 1.165) is 6.54 Å². The van der Waals surface area contributed by atoms with Crippen LogP contribution in [-0.2, 0) is 0 Å². The average Bonchev–Trinajstić information content (AvgIpc) is 2.32. The molecule has 2 nitrogen and oxygen atoms in total. The Morgan fingerprint density at radius 1 is 1.39 bits per heavy atom. The smallest absolute Gasteiger partial charge is 0.135 e. The Morgan fingerprint density at radius 3 is 2.83 bits per heavy atom. The molecule has 18 heavy (non-hydrogen) atoms. The lowest BCUT2D eigenvalue weighted by molar-refractivity contribution is 0.260. The van der Waals surface area contributed by atoms with Crippen LogP contribution in [0.15, 0.2) is 18.2 Å². The first-order chi connectivity index (χ1) is 8.63. The van der Waals surface area contributed by atoms with Crippen molar-refractivity contribution in [1.29, 1.82) is 0 Å².